The number of nitrogens with two attached hydrogens (primary N) is 1. The fourth-order valence-corrected chi connectivity index (χ4v) is 2.44. The van der Waals surface area contributed by atoms with Crippen LogP contribution in [0, 0.1) is 0 Å². The highest BCUT2D eigenvalue weighted by Gasteiger charge is 2.21. The molecule has 0 saturated carbocycles. The van der Waals surface area contributed by atoms with Crippen molar-refractivity contribution in [3.05, 3.63) is 18.3 Å². The van der Waals surface area contributed by atoms with Crippen LogP contribution in [0.2, 0.25) is 0 Å². The van der Waals surface area contributed by atoms with Gasteiger partial charge in [-0.3, -0.25) is 0 Å². The molecule has 1 aromatic heterocycles. The third-order valence-electron chi connectivity index (χ3n) is 3.73. The molecule has 0 unspecified atom stereocenters. The Bertz CT molecular complexity index is 341. The Morgan fingerprint density at radius 2 is 2.12 bits per heavy atom. The summed E-state index contributed by atoms with van der Waals surface area (Å²) in [7, 11) is 2.15. The molecule has 0 aromatic carbocycles. The van der Waals surface area contributed by atoms with E-state index in [1.807, 2.05) is 12.3 Å². The minimum Gasteiger partial charge on any atom is -0.384 e. The molecule has 17 heavy (non-hydrogen) atoms. The standard InChI is InChI=1S/C13H22N4/c1-3-17-8-6-11(7-9-17)16(2)12-4-5-13(14)15-10-12/h4-5,10-11H,3,6-9H2,1-2H3,(H2,14,15). The van der Waals surface area contributed by atoms with Crippen LogP contribution in [0.25, 0.3) is 0 Å². The Morgan fingerprint density at radius 1 is 1.41 bits per heavy atom. The quantitative estimate of drug-likeness (QED) is 0.862. The summed E-state index contributed by atoms with van der Waals surface area (Å²) in [5.41, 5.74) is 6.77. The molecule has 4 nitrogen and oxygen atoms in total. The van der Waals surface area contributed by atoms with Gasteiger partial charge in [0.1, 0.15) is 5.82 Å². The fourth-order valence-electron chi connectivity index (χ4n) is 2.44. The van der Waals surface area contributed by atoms with E-state index in [-0.39, 0.29) is 0 Å². The SMILES string of the molecule is CCN1CCC(N(C)c2ccc(N)nc2)CC1. The zero-order valence-electron chi connectivity index (χ0n) is 10.8. The highest BCUT2D eigenvalue weighted by Crippen LogP contribution is 2.21. The van der Waals surface area contributed by atoms with E-state index >= 15 is 0 Å². The molecule has 1 aromatic rings. The first-order valence-corrected chi connectivity index (χ1v) is 6.37. The van der Waals surface area contributed by atoms with Crippen LogP contribution in [0.1, 0.15) is 19.8 Å². The number of piperidine rings is 1. The van der Waals surface area contributed by atoms with Gasteiger partial charge in [0, 0.05) is 26.2 Å². The first-order valence-electron chi connectivity index (χ1n) is 6.37. The molecule has 0 spiro atoms. The van der Waals surface area contributed by atoms with Crippen molar-refractivity contribution >= 4 is 11.5 Å². The van der Waals surface area contributed by atoms with Gasteiger partial charge in [-0.25, -0.2) is 4.98 Å². The third kappa shape index (κ3) is 2.88. The van der Waals surface area contributed by atoms with Crippen LogP contribution in [0.15, 0.2) is 18.3 Å². The summed E-state index contributed by atoms with van der Waals surface area (Å²) in [6.07, 6.45) is 4.32. The van der Waals surface area contributed by atoms with E-state index in [1.54, 1.807) is 0 Å². The van der Waals surface area contributed by atoms with E-state index in [0.29, 0.717) is 11.9 Å². The van der Waals surface area contributed by atoms with Gasteiger partial charge in [-0.1, -0.05) is 6.92 Å². The zero-order chi connectivity index (χ0) is 12.3. The summed E-state index contributed by atoms with van der Waals surface area (Å²) >= 11 is 0. The largest absolute Gasteiger partial charge is 0.384 e. The average molecular weight is 234 g/mol. The van der Waals surface area contributed by atoms with E-state index in [2.05, 4.69) is 34.8 Å². The van der Waals surface area contributed by atoms with E-state index in [4.69, 9.17) is 5.73 Å². The molecule has 2 heterocycles. The maximum absolute atomic E-state index is 5.61. The lowest BCUT2D eigenvalue weighted by atomic mass is 10.0. The van der Waals surface area contributed by atoms with Crippen LogP contribution in [0.3, 0.4) is 0 Å². The van der Waals surface area contributed by atoms with E-state index in [1.165, 1.54) is 32.5 Å². The molecule has 4 heteroatoms. The lowest BCUT2D eigenvalue weighted by Gasteiger charge is -2.37. The summed E-state index contributed by atoms with van der Waals surface area (Å²) in [4.78, 5) is 8.99. The normalized spacial score (nSPS) is 18.2. The number of likely N-dealkylation sites (tertiary alicyclic amines) is 1. The van der Waals surface area contributed by atoms with Gasteiger partial charge in [0.25, 0.3) is 0 Å². The number of hydrogen-bond acceptors (Lipinski definition) is 4. The molecule has 0 atom stereocenters. The summed E-state index contributed by atoms with van der Waals surface area (Å²) in [5, 5.41) is 0. The van der Waals surface area contributed by atoms with Crippen LogP contribution in [0.4, 0.5) is 11.5 Å². The Morgan fingerprint density at radius 3 is 2.65 bits per heavy atom. The zero-order valence-corrected chi connectivity index (χ0v) is 10.8. The van der Waals surface area contributed by atoms with Crippen molar-refractivity contribution in [2.45, 2.75) is 25.8 Å². The molecular formula is C13H22N4. The van der Waals surface area contributed by atoms with Crippen molar-refractivity contribution in [2.24, 2.45) is 0 Å². The van der Waals surface area contributed by atoms with Gasteiger partial charge in [0.05, 0.1) is 11.9 Å². The Labute approximate surface area is 103 Å². The number of pyridine rings is 1. The summed E-state index contributed by atoms with van der Waals surface area (Å²) in [6.45, 7) is 5.80. The van der Waals surface area contributed by atoms with E-state index < -0.39 is 0 Å². The molecule has 1 aliphatic heterocycles. The molecule has 1 saturated heterocycles. The molecule has 0 amide bonds. The van der Waals surface area contributed by atoms with Crippen molar-refractivity contribution in [1.82, 2.24) is 9.88 Å². The Balaban J connectivity index is 1.96. The molecule has 2 rings (SSSR count). The van der Waals surface area contributed by atoms with Crippen molar-refractivity contribution in [3.63, 3.8) is 0 Å². The van der Waals surface area contributed by atoms with Crippen molar-refractivity contribution in [3.8, 4) is 0 Å². The molecule has 0 bridgehead atoms. The molecule has 1 fully saturated rings. The Kier molecular flexibility index (Phi) is 3.84. The van der Waals surface area contributed by atoms with Crippen LogP contribution in [0.5, 0.6) is 0 Å². The van der Waals surface area contributed by atoms with Crippen LogP contribution < -0.4 is 10.6 Å². The van der Waals surface area contributed by atoms with Gasteiger partial charge >= 0.3 is 0 Å². The van der Waals surface area contributed by atoms with Gasteiger partial charge in [-0.2, -0.15) is 0 Å². The maximum Gasteiger partial charge on any atom is 0.123 e. The molecule has 94 valence electrons. The summed E-state index contributed by atoms with van der Waals surface area (Å²) in [5.74, 6) is 0.586. The minimum atomic E-state index is 0.586. The third-order valence-corrected chi connectivity index (χ3v) is 3.73. The number of anilines is 2. The fraction of sp³-hybridized carbons (Fsp3) is 0.615. The second-order valence-electron chi connectivity index (χ2n) is 4.72. The minimum absolute atomic E-state index is 0.586. The second kappa shape index (κ2) is 5.36. The van der Waals surface area contributed by atoms with Gasteiger partial charge in [-0.05, 0) is 31.5 Å². The van der Waals surface area contributed by atoms with Crippen molar-refractivity contribution in [1.29, 1.82) is 0 Å². The molecular weight excluding hydrogens is 212 g/mol. The van der Waals surface area contributed by atoms with E-state index in [9.17, 15) is 0 Å². The summed E-state index contributed by atoms with van der Waals surface area (Å²) < 4.78 is 0. The lowest BCUT2D eigenvalue weighted by Crippen LogP contribution is -2.43. The Hall–Kier alpha value is -1.29. The van der Waals surface area contributed by atoms with Gasteiger partial charge in [-0.15, -0.1) is 0 Å². The molecule has 2 N–H and O–H groups in total. The summed E-state index contributed by atoms with van der Waals surface area (Å²) in [6, 6.07) is 4.55. The predicted molar refractivity (Wildman–Crippen MR) is 72.2 cm³/mol. The van der Waals surface area contributed by atoms with Crippen LogP contribution in [-0.4, -0.2) is 42.6 Å². The maximum atomic E-state index is 5.61. The van der Waals surface area contributed by atoms with Crippen molar-refractivity contribution in [2.75, 3.05) is 37.3 Å². The smallest absolute Gasteiger partial charge is 0.123 e. The molecule has 0 aliphatic carbocycles. The first kappa shape index (κ1) is 12.2. The van der Waals surface area contributed by atoms with Crippen molar-refractivity contribution < 1.29 is 0 Å². The highest BCUT2D eigenvalue weighted by atomic mass is 15.2. The number of nitrogen functional groups attached to an aromatic ring is 1. The number of aromatic nitrogens is 1. The lowest BCUT2D eigenvalue weighted by molar-refractivity contribution is 0.221. The average Bonchev–Trinajstić information content (AvgIpc) is 2.39. The predicted octanol–water partition coefficient (Wildman–Crippen LogP) is 1.58. The molecule has 1 aliphatic rings. The van der Waals surface area contributed by atoms with Gasteiger partial charge in [0.15, 0.2) is 0 Å². The topological polar surface area (TPSA) is 45.4 Å². The van der Waals surface area contributed by atoms with Gasteiger partial charge in [0.2, 0.25) is 0 Å². The highest BCUT2D eigenvalue weighted by molar-refractivity contribution is 5.48. The number of hydrogen-bond donors (Lipinski definition) is 1. The van der Waals surface area contributed by atoms with E-state index in [0.717, 1.165) is 5.69 Å². The number of rotatable bonds is 3. The van der Waals surface area contributed by atoms with Crippen LogP contribution >= 0.6 is 0 Å². The monoisotopic (exact) mass is 234 g/mol. The van der Waals surface area contributed by atoms with Crippen LogP contribution in [-0.2, 0) is 0 Å². The second-order valence-corrected chi connectivity index (χ2v) is 4.72. The van der Waals surface area contributed by atoms with Gasteiger partial charge < -0.3 is 15.5 Å². The molecule has 0 radical (unpaired) electrons. The first-order chi connectivity index (χ1) is 8.20. The number of nitrogens with zero attached hydrogens (tertiary/aromatic N) is 3.